The molecule has 1 N–H and O–H groups in total. The number of carbonyl (C=O) groups excluding carboxylic acids is 1. The first-order chi connectivity index (χ1) is 13.1. The van der Waals surface area contributed by atoms with E-state index in [0.29, 0.717) is 36.3 Å². The van der Waals surface area contributed by atoms with Crippen LogP contribution in [0.3, 0.4) is 0 Å². The van der Waals surface area contributed by atoms with Gasteiger partial charge >= 0.3 is 5.97 Å². The number of aromatic nitrogens is 2. The predicted octanol–water partition coefficient (Wildman–Crippen LogP) is 4.20. The molecule has 0 bridgehead atoms. The van der Waals surface area contributed by atoms with Crippen LogP contribution < -0.4 is 10.1 Å². The van der Waals surface area contributed by atoms with Crippen LogP contribution in [0.4, 0.5) is 10.3 Å². The normalized spacial score (nSPS) is 10.3. The number of benzene rings is 2. The molecule has 0 spiro atoms. The van der Waals surface area contributed by atoms with Crippen LogP contribution in [0.2, 0.25) is 0 Å². The molecule has 2 aromatic carbocycles. The topological polar surface area (TPSA) is 73.3 Å². The van der Waals surface area contributed by atoms with Crippen LogP contribution in [-0.2, 0) is 11.3 Å². The predicted molar refractivity (Wildman–Crippen MR) is 98.2 cm³/mol. The van der Waals surface area contributed by atoms with E-state index >= 15 is 0 Å². The fourth-order valence-corrected chi connectivity index (χ4v) is 2.26. The van der Waals surface area contributed by atoms with Gasteiger partial charge in [-0.1, -0.05) is 12.1 Å². The SMILES string of the molecule is CCOC(=O)c1ccc(CNc2nccc(Oc3ccc(F)cc3)n2)cc1. The number of hydrogen-bond donors (Lipinski definition) is 1. The van der Waals surface area contributed by atoms with Crippen molar-refractivity contribution in [3.63, 3.8) is 0 Å². The minimum absolute atomic E-state index is 0.332. The van der Waals surface area contributed by atoms with Crippen LogP contribution in [0, 0.1) is 5.82 Å². The number of ether oxygens (including phenoxy) is 2. The van der Waals surface area contributed by atoms with Gasteiger partial charge in [-0.25, -0.2) is 14.2 Å². The Morgan fingerprint density at radius 2 is 1.81 bits per heavy atom. The number of nitrogens with zero attached hydrogens (tertiary/aromatic N) is 2. The number of esters is 1. The Labute approximate surface area is 156 Å². The van der Waals surface area contributed by atoms with E-state index in [4.69, 9.17) is 9.47 Å². The van der Waals surface area contributed by atoms with Crippen molar-refractivity contribution in [1.29, 1.82) is 0 Å². The van der Waals surface area contributed by atoms with Crippen molar-refractivity contribution in [1.82, 2.24) is 9.97 Å². The van der Waals surface area contributed by atoms with E-state index in [1.807, 2.05) is 12.1 Å². The van der Waals surface area contributed by atoms with Gasteiger partial charge in [-0.3, -0.25) is 0 Å². The van der Waals surface area contributed by atoms with Crippen LogP contribution in [0.25, 0.3) is 0 Å². The first kappa shape index (κ1) is 18.3. The highest BCUT2D eigenvalue weighted by molar-refractivity contribution is 5.89. The van der Waals surface area contributed by atoms with Crippen molar-refractivity contribution in [3.8, 4) is 11.6 Å². The molecule has 0 saturated carbocycles. The largest absolute Gasteiger partial charge is 0.462 e. The summed E-state index contributed by atoms with van der Waals surface area (Å²) in [5.41, 5.74) is 1.46. The molecule has 0 unspecified atom stereocenters. The number of hydrogen-bond acceptors (Lipinski definition) is 6. The summed E-state index contributed by atoms with van der Waals surface area (Å²) in [5.74, 6) is 0.545. The molecule has 6 nitrogen and oxygen atoms in total. The maximum Gasteiger partial charge on any atom is 0.338 e. The third-order valence-corrected chi connectivity index (χ3v) is 3.58. The standard InChI is InChI=1S/C20H18FN3O3/c1-2-26-19(25)15-5-3-14(4-6-15)13-23-20-22-12-11-18(24-20)27-17-9-7-16(21)8-10-17/h3-12H,2,13H2,1H3,(H,22,23,24). The van der Waals surface area contributed by atoms with E-state index in [1.54, 1.807) is 31.3 Å². The summed E-state index contributed by atoms with van der Waals surface area (Å²) in [6, 6.07) is 14.4. The van der Waals surface area contributed by atoms with E-state index in [1.165, 1.54) is 24.3 Å². The Balaban J connectivity index is 1.59. The Morgan fingerprint density at radius 3 is 2.52 bits per heavy atom. The van der Waals surface area contributed by atoms with Gasteiger partial charge in [-0.15, -0.1) is 0 Å². The van der Waals surface area contributed by atoms with Gasteiger partial charge in [0, 0.05) is 18.8 Å². The summed E-state index contributed by atoms with van der Waals surface area (Å²) in [7, 11) is 0. The van der Waals surface area contributed by atoms with Gasteiger partial charge in [0.05, 0.1) is 12.2 Å². The molecule has 0 radical (unpaired) electrons. The van der Waals surface area contributed by atoms with E-state index in [2.05, 4.69) is 15.3 Å². The van der Waals surface area contributed by atoms with E-state index < -0.39 is 0 Å². The van der Waals surface area contributed by atoms with Crippen molar-refractivity contribution in [2.75, 3.05) is 11.9 Å². The number of nitrogens with one attached hydrogen (secondary N) is 1. The highest BCUT2D eigenvalue weighted by Gasteiger charge is 2.06. The first-order valence-electron chi connectivity index (χ1n) is 8.40. The molecule has 27 heavy (non-hydrogen) atoms. The lowest BCUT2D eigenvalue weighted by Gasteiger charge is -2.08. The van der Waals surface area contributed by atoms with Gasteiger partial charge in [-0.05, 0) is 48.9 Å². The molecule has 0 aliphatic carbocycles. The lowest BCUT2D eigenvalue weighted by molar-refractivity contribution is 0.0526. The summed E-state index contributed by atoms with van der Waals surface area (Å²) in [6.07, 6.45) is 1.57. The minimum atomic E-state index is -0.342. The lowest BCUT2D eigenvalue weighted by atomic mass is 10.1. The molecule has 3 rings (SSSR count). The number of anilines is 1. The summed E-state index contributed by atoms with van der Waals surface area (Å²) >= 11 is 0. The molecule has 1 aromatic heterocycles. The summed E-state index contributed by atoms with van der Waals surface area (Å²) in [4.78, 5) is 20.1. The molecule has 7 heteroatoms. The highest BCUT2D eigenvalue weighted by atomic mass is 19.1. The van der Waals surface area contributed by atoms with Crippen molar-refractivity contribution >= 4 is 11.9 Å². The van der Waals surface area contributed by atoms with E-state index in [9.17, 15) is 9.18 Å². The van der Waals surface area contributed by atoms with Gasteiger partial charge in [0.25, 0.3) is 0 Å². The average Bonchev–Trinajstić information content (AvgIpc) is 2.69. The molecule has 0 aliphatic heterocycles. The molecule has 0 fully saturated rings. The van der Waals surface area contributed by atoms with Crippen LogP contribution in [0.1, 0.15) is 22.8 Å². The molecular formula is C20H18FN3O3. The molecule has 0 atom stereocenters. The Morgan fingerprint density at radius 1 is 1.07 bits per heavy atom. The zero-order chi connectivity index (χ0) is 19.1. The van der Waals surface area contributed by atoms with Crippen molar-refractivity contribution in [2.45, 2.75) is 13.5 Å². The molecule has 3 aromatic rings. The van der Waals surface area contributed by atoms with Gasteiger partial charge in [0.1, 0.15) is 11.6 Å². The minimum Gasteiger partial charge on any atom is -0.462 e. The fourth-order valence-electron chi connectivity index (χ4n) is 2.26. The Kier molecular flexibility index (Phi) is 5.94. The second-order valence-electron chi connectivity index (χ2n) is 5.55. The maximum absolute atomic E-state index is 12.9. The smallest absolute Gasteiger partial charge is 0.338 e. The van der Waals surface area contributed by atoms with Crippen LogP contribution in [0.5, 0.6) is 11.6 Å². The average molecular weight is 367 g/mol. The number of rotatable bonds is 7. The molecule has 138 valence electrons. The molecular weight excluding hydrogens is 349 g/mol. The van der Waals surface area contributed by atoms with Gasteiger partial charge in [0.2, 0.25) is 11.8 Å². The second kappa shape index (κ2) is 8.75. The molecule has 0 amide bonds. The molecule has 0 saturated heterocycles. The summed E-state index contributed by atoms with van der Waals surface area (Å²) in [6.45, 7) is 2.59. The monoisotopic (exact) mass is 367 g/mol. The van der Waals surface area contributed by atoms with Crippen LogP contribution in [0.15, 0.2) is 60.8 Å². The Hall–Kier alpha value is -3.48. The third kappa shape index (κ3) is 5.24. The van der Waals surface area contributed by atoms with Crippen molar-refractivity contribution in [3.05, 3.63) is 77.7 Å². The third-order valence-electron chi connectivity index (χ3n) is 3.58. The summed E-state index contributed by atoms with van der Waals surface area (Å²) < 4.78 is 23.5. The van der Waals surface area contributed by atoms with Crippen LogP contribution in [-0.4, -0.2) is 22.5 Å². The van der Waals surface area contributed by atoms with Gasteiger partial charge in [-0.2, -0.15) is 4.98 Å². The lowest BCUT2D eigenvalue weighted by Crippen LogP contribution is -2.06. The molecule has 0 aliphatic rings. The van der Waals surface area contributed by atoms with Crippen molar-refractivity contribution in [2.24, 2.45) is 0 Å². The second-order valence-corrected chi connectivity index (χ2v) is 5.55. The fraction of sp³-hybridized carbons (Fsp3) is 0.150. The van der Waals surface area contributed by atoms with Gasteiger partial charge < -0.3 is 14.8 Å². The van der Waals surface area contributed by atoms with E-state index in [0.717, 1.165) is 5.56 Å². The maximum atomic E-state index is 12.9. The van der Waals surface area contributed by atoms with Crippen molar-refractivity contribution < 1.29 is 18.7 Å². The number of halogens is 1. The zero-order valence-electron chi connectivity index (χ0n) is 14.7. The Bertz CT molecular complexity index is 899. The zero-order valence-corrected chi connectivity index (χ0v) is 14.7. The van der Waals surface area contributed by atoms with Gasteiger partial charge in [0.15, 0.2) is 0 Å². The first-order valence-corrected chi connectivity index (χ1v) is 8.40. The molecule has 1 heterocycles. The quantitative estimate of drug-likeness (QED) is 0.631. The van der Waals surface area contributed by atoms with E-state index in [-0.39, 0.29) is 11.8 Å². The highest BCUT2D eigenvalue weighted by Crippen LogP contribution is 2.20. The van der Waals surface area contributed by atoms with Crippen LogP contribution >= 0.6 is 0 Å². The number of carbonyl (C=O) groups is 1. The summed E-state index contributed by atoms with van der Waals surface area (Å²) in [5, 5.41) is 3.09.